The molecule has 4 aromatic rings. The normalized spacial score (nSPS) is 13.8. The van der Waals surface area contributed by atoms with E-state index in [0.717, 1.165) is 28.1 Å². The maximum atomic E-state index is 12.8. The quantitative estimate of drug-likeness (QED) is 0.207. The van der Waals surface area contributed by atoms with Gasteiger partial charge in [-0.15, -0.1) is 0 Å². The Morgan fingerprint density at radius 1 is 1.08 bits per heavy atom. The van der Waals surface area contributed by atoms with Gasteiger partial charge in [0.1, 0.15) is 10.7 Å². The van der Waals surface area contributed by atoms with Crippen LogP contribution in [-0.2, 0) is 11.3 Å². The van der Waals surface area contributed by atoms with Crippen molar-refractivity contribution in [1.29, 1.82) is 0 Å². The molecule has 0 atom stereocenters. The summed E-state index contributed by atoms with van der Waals surface area (Å²) in [6.07, 6.45) is 13.6. The number of fused-ring (bicyclic) bond motifs is 1. The summed E-state index contributed by atoms with van der Waals surface area (Å²) in [4.78, 5) is 52.9. The second-order valence-electron chi connectivity index (χ2n) is 8.42. The van der Waals surface area contributed by atoms with Gasteiger partial charge < -0.3 is 10.3 Å². The predicted molar refractivity (Wildman–Crippen MR) is 141 cm³/mol. The molecule has 37 heavy (non-hydrogen) atoms. The number of hydrogen-bond acceptors (Lipinski definition) is 6. The van der Waals surface area contributed by atoms with Crippen molar-refractivity contribution in [2.24, 2.45) is 0 Å². The van der Waals surface area contributed by atoms with Crippen LogP contribution in [0.25, 0.3) is 17.7 Å². The van der Waals surface area contributed by atoms with Crippen LogP contribution in [0.2, 0.25) is 5.15 Å². The van der Waals surface area contributed by atoms with Crippen molar-refractivity contribution in [3.8, 4) is 0 Å². The minimum absolute atomic E-state index is 0.0506. The summed E-state index contributed by atoms with van der Waals surface area (Å²) in [5.41, 5.74) is 4.16. The van der Waals surface area contributed by atoms with Crippen LogP contribution < -0.4 is 10.9 Å². The molecule has 5 rings (SSSR count). The van der Waals surface area contributed by atoms with Crippen LogP contribution in [0.3, 0.4) is 0 Å². The average Bonchev–Trinajstić information content (AvgIpc) is 3.52. The lowest BCUT2D eigenvalue weighted by Crippen LogP contribution is -2.27. The van der Waals surface area contributed by atoms with Crippen LogP contribution >= 0.6 is 11.6 Å². The Kier molecular flexibility index (Phi) is 6.87. The first-order chi connectivity index (χ1) is 18.0. The number of amides is 1. The predicted octanol–water partition coefficient (Wildman–Crippen LogP) is 4.23. The zero-order chi connectivity index (χ0) is 25.8. The van der Waals surface area contributed by atoms with Crippen LogP contribution in [0.15, 0.2) is 72.4 Å². The highest BCUT2D eigenvalue weighted by Crippen LogP contribution is 2.33. The van der Waals surface area contributed by atoms with Crippen LogP contribution in [-0.4, -0.2) is 36.2 Å². The van der Waals surface area contributed by atoms with Gasteiger partial charge in [-0.25, -0.2) is 15.0 Å². The van der Waals surface area contributed by atoms with Gasteiger partial charge in [0.15, 0.2) is 5.78 Å². The molecular weight excluding hydrogens is 492 g/mol. The summed E-state index contributed by atoms with van der Waals surface area (Å²) >= 11 is 5.81. The standard InChI is InChI=1S/C27H21ClN6O3/c28-25-8-6-18(11-31-25)14-34-16-30-13-22(27(34)37)24(35)4-2-1-3-17-5-7-20-21(10-19-12-29-15-32-19)26(36)33-23(20)9-17/h1,3,5-13,15-16H,2,4,14H2,(H,29,32)(H,33,36)/b3-1+,21-10-. The SMILES string of the molecule is O=C1Nc2cc(/C=C/CCC(=O)c3cncn(Cc4ccc(Cl)nc4)c3=O)ccc2/C1=C/c1cnc[nH]1. The molecule has 0 fully saturated rings. The first kappa shape index (κ1) is 24.1. The van der Waals surface area contributed by atoms with E-state index in [9.17, 15) is 14.4 Å². The van der Waals surface area contributed by atoms with Crippen molar-refractivity contribution in [3.63, 3.8) is 0 Å². The van der Waals surface area contributed by atoms with Crippen LogP contribution in [0.4, 0.5) is 5.69 Å². The zero-order valence-corrected chi connectivity index (χ0v) is 20.3. The third-order valence-electron chi connectivity index (χ3n) is 5.84. The van der Waals surface area contributed by atoms with E-state index in [1.54, 1.807) is 36.9 Å². The molecule has 4 heterocycles. The van der Waals surface area contributed by atoms with Crippen molar-refractivity contribution in [3.05, 3.63) is 111 Å². The first-order valence-corrected chi connectivity index (χ1v) is 11.9. The van der Waals surface area contributed by atoms with Crippen LogP contribution in [0.5, 0.6) is 0 Å². The smallest absolute Gasteiger partial charge is 0.264 e. The average molecular weight is 513 g/mol. The number of carbonyl (C=O) groups excluding carboxylic acids is 2. The van der Waals surface area contributed by atoms with Crippen molar-refractivity contribution in [2.75, 3.05) is 5.32 Å². The molecule has 1 amide bonds. The zero-order valence-electron chi connectivity index (χ0n) is 19.5. The van der Waals surface area contributed by atoms with Crippen LogP contribution in [0, 0.1) is 0 Å². The molecule has 2 N–H and O–H groups in total. The Morgan fingerprint density at radius 2 is 1.97 bits per heavy atom. The van der Waals surface area contributed by atoms with Crippen molar-refractivity contribution in [2.45, 2.75) is 19.4 Å². The summed E-state index contributed by atoms with van der Waals surface area (Å²) in [5, 5.41) is 3.24. The van der Waals surface area contributed by atoms with Gasteiger partial charge in [0.25, 0.3) is 11.5 Å². The second kappa shape index (κ2) is 10.5. The molecule has 1 aromatic carbocycles. The van der Waals surface area contributed by atoms with E-state index in [1.807, 2.05) is 30.4 Å². The largest absolute Gasteiger partial charge is 0.345 e. The molecule has 0 radical (unpaired) electrons. The molecule has 10 heteroatoms. The van der Waals surface area contributed by atoms with Gasteiger partial charge >= 0.3 is 0 Å². The summed E-state index contributed by atoms with van der Waals surface area (Å²) in [5.74, 6) is -0.452. The molecule has 0 bridgehead atoms. The molecule has 3 aromatic heterocycles. The lowest BCUT2D eigenvalue weighted by Gasteiger charge is -2.07. The number of nitrogens with one attached hydrogen (secondary N) is 2. The van der Waals surface area contributed by atoms with E-state index >= 15 is 0 Å². The van der Waals surface area contributed by atoms with Gasteiger partial charge in [0.2, 0.25) is 0 Å². The monoisotopic (exact) mass is 512 g/mol. The second-order valence-corrected chi connectivity index (χ2v) is 8.81. The minimum atomic E-state index is -0.396. The topological polar surface area (TPSA) is 123 Å². The highest BCUT2D eigenvalue weighted by Gasteiger charge is 2.24. The molecule has 1 aliphatic heterocycles. The van der Waals surface area contributed by atoms with E-state index < -0.39 is 5.56 Å². The highest BCUT2D eigenvalue weighted by atomic mass is 35.5. The Hall–Kier alpha value is -4.63. The Bertz CT molecular complexity index is 1590. The van der Waals surface area contributed by atoms with Crippen molar-refractivity contribution in [1.82, 2.24) is 24.5 Å². The number of allylic oxidation sites excluding steroid dienone is 1. The fourth-order valence-electron chi connectivity index (χ4n) is 3.98. The number of benzene rings is 1. The molecule has 0 aliphatic carbocycles. The molecule has 0 spiro atoms. The lowest BCUT2D eigenvalue weighted by atomic mass is 10.0. The van der Waals surface area contributed by atoms with E-state index in [-0.39, 0.29) is 30.2 Å². The Labute approximate surface area is 216 Å². The van der Waals surface area contributed by atoms with E-state index in [0.29, 0.717) is 17.1 Å². The van der Waals surface area contributed by atoms with Gasteiger partial charge in [-0.05, 0) is 35.8 Å². The number of aromatic nitrogens is 5. The number of carbonyl (C=O) groups is 2. The maximum Gasteiger partial charge on any atom is 0.264 e. The summed E-state index contributed by atoms with van der Waals surface area (Å²) in [6, 6.07) is 9.08. The summed E-state index contributed by atoms with van der Waals surface area (Å²) in [6.45, 7) is 0.241. The van der Waals surface area contributed by atoms with Gasteiger partial charge in [-0.3, -0.25) is 19.0 Å². The summed E-state index contributed by atoms with van der Waals surface area (Å²) < 4.78 is 1.38. The van der Waals surface area contributed by atoms with E-state index in [1.165, 1.54) is 17.1 Å². The third-order valence-corrected chi connectivity index (χ3v) is 6.06. The Balaban J connectivity index is 1.22. The van der Waals surface area contributed by atoms with Gasteiger partial charge in [0, 0.05) is 30.1 Å². The number of H-pyrrole nitrogens is 1. The molecule has 0 unspecified atom stereocenters. The summed E-state index contributed by atoms with van der Waals surface area (Å²) in [7, 11) is 0. The Morgan fingerprint density at radius 3 is 2.76 bits per heavy atom. The number of pyridine rings is 1. The number of aromatic amines is 1. The highest BCUT2D eigenvalue weighted by molar-refractivity contribution is 6.34. The number of Topliss-reactive ketones (excluding diaryl/α,β-unsaturated/α-hetero) is 1. The number of hydrogen-bond donors (Lipinski definition) is 2. The van der Waals surface area contributed by atoms with Crippen molar-refractivity contribution >= 4 is 46.7 Å². The fourth-order valence-corrected chi connectivity index (χ4v) is 4.09. The minimum Gasteiger partial charge on any atom is -0.345 e. The molecule has 0 saturated carbocycles. The number of imidazole rings is 1. The lowest BCUT2D eigenvalue weighted by molar-refractivity contribution is -0.110. The molecular formula is C27H21ClN6O3. The number of rotatable bonds is 8. The van der Waals surface area contributed by atoms with Crippen molar-refractivity contribution < 1.29 is 9.59 Å². The molecule has 0 saturated heterocycles. The van der Waals surface area contributed by atoms with E-state index in [2.05, 4.69) is 25.3 Å². The number of anilines is 1. The van der Waals surface area contributed by atoms with Gasteiger partial charge in [0.05, 0.1) is 36.7 Å². The van der Waals surface area contributed by atoms with Crippen LogP contribution in [0.1, 0.15) is 45.6 Å². The molecule has 184 valence electrons. The number of nitrogens with zero attached hydrogens (tertiary/aromatic N) is 4. The van der Waals surface area contributed by atoms with Gasteiger partial charge in [-0.1, -0.05) is 42.0 Å². The molecule has 9 nitrogen and oxygen atoms in total. The van der Waals surface area contributed by atoms with E-state index in [4.69, 9.17) is 11.6 Å². The first-order valence-electron chi connectivity index (χ1n) is 11.5. The fraction of sp³-hybridized carbons (Fsp3) is 0.111. The van der Waals surface area contributed by atoms with Gasteiger partial charge in [-0.2, -0.15) is 0 Å². The number of halogens is 1. The third kappa shape index (κ3) is 5.46. The maximum absolute atomic E-state index is 12.8. The number of ketones is 1. The molecule has 1 aliphatic rings.